The highest BCUT2D eigenvalue weighted by Gasteiger charge is 2.00. The van der Waals surface area contributed by atoms with E-state index in [4.69, 9.17) is 22.1 Å². The Hall–Kier alpha value is -0.540. The predicted molar refractivity (Wildman–Crippen MR) is 59.7 cm³/mol. The second-order valence-electron chi connectivity index (χ2n) is 2.53. The molecule has 0 aliphatic rings. The van der Waals surface area contributed by atoms with Crippen LogP contribution in [0.4, 0.5) is 5.69 Å². The van der Waals surface area contributed by atoms with Crippen molar-refractivity contribution < 1.29 is 4.74 Å². The van der Waals surface area contributed by atoms with Crippen LogP contribution in [0, 0.1) is 0 Å². The first kappa shape index (κ1) is 10.5. The second-order valence-corrected chi connectivity index (χ2v) is 3.92. The van der Waals surface area contributed by atoms with Crippen molar-refractivity contribution in [1.82, 2.24) is 0 Å². The van der Waals surface area contributed by atoms with Crippen LogP contribution in [-0.2, 0) is 0 Å². The maximum atomic E-state index is 5.90. The number of ether oxygens (including phenoxy) is 1. The minimum absolute atomic E-state index is 0.570. The molecule has 0 heterocycles. The maximum absolute atomic E-state index is 5.90. The van der Waals surface area contributed by atoms with Crippen LogP contribution >= 0.6 is 23.4 Å². The molecule has 0 aliphatic heterocycles. The second kappa shape index (κ2) is 5.25. The first-order valence-electron chi connectivity index (χ1n) is 3.91. The van der Waals surface area contributed by atoms with Gasteiger partial charge in [-0.25, -0.2) is 0 Å². The SMILES string of the molecule is CSCCOc1ccc(N)cc1Cl. The van der Waals surface area contributed by atoms with Crippen LogP contribution in [0.15, 0.2) is 18.2 Å². The minimum atomic E-state index is 0.570. The van der Waals surface area contributed by atoms with Gasteiger partial charge < -0.3 is 10.5 Å². The Kier molecular flexibility index (Phi) is 4.25. The van der Waals surface area contributed by atoms with Gasteiger partial charge in [0.1, 0.15) is 5.75 Å². The third-order valence-corrected chi connectivity index (χ3v) is 2.37. The van der Waals surface area contributed by atoms with Crippen molar-refractivity contribution in [2.45, 2.75) is 0 Å². The molecule has 0 amide bonds. The average Bonchev–Trinajstić information content (AvgIpc) is 2.09. The standard InChI is InChI=1S/C9H12ClNOS/c1-13-5-4-12-9-3-2-7(11)6-8(9)10/h2-3,6H,4-5,11H2,1H3. The lowest BCUT2D eigenvalue weighted by molar-refractivity contribution is 0.344. The Labute approximate surface area is 87.4 Å². The Morgan fingerprint density at radius 2 is 2.31 bits per heavy atom. The molecule has 0 saturated heterocycles. The third kappa shape index (κ3) is 3.36. The Bertz CT molecular complexity index is 280. The lowest BCUT2D eigenvalue weighted by Crippen LogP contribution is -2.00. The van der Waals surface area contributed by atoms with E-state index in [1.54, 1.807) is 30.0 Å². The Balaban J connectivity index is 2.56. The van der Waals surface area contributed by atoms with Crippen LogP contribution in [0.1, 0.15) is 0 Å². The molecule has 0 bridgehead atoms. The number of hydrogen-bond donors (Lipinski definition) is 1. The summed E-state index contributed by atoms with van der Waals surface area (Å²) in [5.74, 6) is 1.66. The van der Waals surface area contributed by atoms with Gasteiger partial charge in [-0.2, -0.15) is 11.8 Å². The van der Waals surface area contributed by atoms with E-state index in [1.807, 2.05) is 6.26 Å². The molecule has 0 unspecified atom stereocenters. The molecule has 72 valence electrons. The number of thioether (sulfide) groups is 1. The fourth-order valence-corrected chi connectivity index (χ4v) is 1.36. The van der Waals surface area contributed by atoms with Gasteiger partial charge in [-0.05, 0) is 24.5 Å². The Morgan fingerprint density at radius 1 is 1.54 bits per heavy atom. The van der Waals surface area contributed by atoms with Gasteiger partial charge in [-0.3, -0.25) is 0 Å². The van der Waals surface area contributed by atoms with Gasteiger partial charge >= 0.3 is 0 Å². The first-order chi connectivity index (χ1) is 6.24. The summed E-state index contributed by atoms with van der Waals surface area (Å²) in [4.78, 5) is 0. The van der Waals surface area contributed by atoms with E-state index in [0.717, 1.165) is 5.75 Å². The molecule has 0 aromatic heterocycles. The summed E-state index contributed by atoms with van der Waals surface area (Å²) in [6.07, 6.45) is 2.04. The van der Waals surface area contributed by atoms with Gasteiger partial charge in [-0.1, -0.05) is 11.6 Å². The van der Waals surface area contributed by atoms with Crippen LogP contribution in [0.5, 0.6) is 5.75 Å². The van der Waals surface area contributed by atoms with E-state index in [1.165, 1.54) is 0 Å². The predicted octanol–water partition coefficient (Wildman–Crippen LogP) is 2.66. The molecule has 0 aliphatic carbocycles. The molecule has 0 radical (unpaired) electrons. The number of rotatable bonds is 4. The summed E-state index contributed by atoms with van der Waals surface area (Å²) >= 11 is 7.63. The highest BCUT2D eigenvalue weighted by molar-refractivity contribution is 7.98. The number of halogens is 1. The summed E-state index contributed by atoms with van der Waals surface area (Å²) in [6.45, 7) is 0.671. The van der Waals surface area contributed by atoms with Crippen molar-refractivity contribution in [3.63, 3.8) is 0 Å². The molecule has 0 atom stereocenters. The molecule has 4 heteroatoms. The number of hydrogen-bond acceptors (Lipinski definition) is 3. The number of nitrogen functional groups attached to an aromatic ring is 1. The number of benzene rings is 1. The smallest absolute Gasteiger partial charge is 0.138 e. The van der Waals surface area contributed by atoms with Gasteiger partial charge in [-0.15, -0.1) is 0 Å². The maximum Gasteiger partial charge on any atom is 0.138 e. The van der Waals surface area contributed by atoms with E-state index in [9.17, 15) is 0 Å². The van der Waals surface area contributed by atoms with Crippen molar-refractivity contribution in [3.05, 3.63) is 23.2 Å². The molecule has 2 N–H and O–H groups in total. The van der Waals surface area contributed by atoms with Crippen molar-refractivity contribution in [2.75, 3.05) is 24.3 Å². The van der Waals surface area contributed by atoms with Gasteiger partial charge in [0.05, 0.1) is 11.6 Å². The van der Waals surface area contributed by atoms with Crippen LogP contribution in [-0.4, -0.2) is 18.6 Å². The van der Waals surface area contributed by atoms with Crippen LogP contribution in [0.2, 0.25) is 5.02 Å². The van der Waals surface area contributed by atoms with Crippen LogP contribution < -0.4 is 10.5 Å². The first-order valence-corrected chi connectivity index (χ1v) is 5.68. The summed E-state index contributed by atoms with van der Waals surface area (Å²) in [6, 6.07) is 5.26. The molecular weight excluding hydrogens is 206 g/mol. The van der Waals surface area contributed by atoms with E-state index < -0.39 is 0 Å². The van der Waals surface area contributed by atoms with E-state index in [-0.39, 0.29) is 0 Å². The molecule has 0 fully saturated rings. The quantitative estimate of drug-likeness (QED) is 0.622. The van der Waals surface area contributed by atoms with E-state index in [2.05, 4.69) is 0 Å². The monoisotopic (exact) mass is 217 g/mol. The summed E-state index contributed by atoms with van der Waals surface area (Å²) in [5.41, 5.74) is 6.19. The molecule has 0 saturated carbocycles. The molecular formula is C9H12ClNOS. The van der Waals surface area contributed by atoms with E-state index in [0.29, 0.717) is 23.1 Å². The zero-order valence-corrected chi connectivity index (χ0v) is 8.99. The average molecular weight is 218 g/mol. The van der Waals surface area contributed by atoms with Crippen molar-refractivity contribution in [1.29, 1.82) is 0 Å². The zero-order valence-electron chi connectivity index (χ0n) is 7.42. The molecule has 2 nitrogen and oxygen atoms in total. The molecule has 1 aromatic rings. The lowest BCUT2D eigenvalue weighted by atomic mass is 10.3. The van der Waals surface area contributed by atoms with Crippen molar-refractivity contribution in [3.8, 4) is 5.75 Å². The van der Waals surface area contributed by atoms with Crippen LogP contribution in [0.3, 0.4) is 0 Å². The topological polar surface area (TPSA) is 35.2 Å². The van der Waals surface area contributed by atoms with Gasteiger partial charge in [0.15, 0.2) is 0 Å². The Morgan fingerprint density at radius 3 is 2.92 bits per heavy atom. The fraction of sp³-hybridized carbons (Fsp3) is 0.333. The van der Waals surface area contributed by atoms with Crippen LogP contribution in [0.25, 0.3) is 0 Å². The number of nitrogens with two attached hydrogens (primary N) is 1. The highest BCUT2D eigenvalue weighted by Crippen LogP contribution is 2.26. The largest absolute Gasteiger partial charge is 0.491 e. The minimum Gasteiger partial charge on any atom is -0.491 e. The summed E-state index contributed by atoms with van der Waals surface area (Å²) in [7, 11) is 0. The van der Waals surface area contributed by atoms with Crippen molar-refractivity contribution in [2.24, 2.45) is 0 Å². The normalized spacial score (nSPS) is 10.0. The third-order valence-electron chi connectivity index (χ3n) is 1.50. The molecule has 1 rings (SSSR count). The fourth-order valence-electron chi connectivity index (χ4n) is 0.869. The zero-order chi connectivity index (χ0) is 9.68. The molecule has 1 aromatic carbocycles. The summed E-state index contributed by atoms with van der Waals surface area (Å²) < 4.78 is 5.42. The van der Waals surface area contributed by atoms with Gasteiger partial charge in [0.2, 0.25) is 0 Å². The van der Waals surface area contributed by atoms with Crippen molar-refractivity contribution >= 4 is 29.1 Å². The van der Waals surface area contributed by atoms with Gasteiger partial charge in [0.25, 0.3) is 0 Å². The summed E-state index contributed by atoms with van der Waals surface area (Å²) in [5, 5.41) is 0.570. The van der Waals surface area contributed by atoms with E-state index >= 15 is 0 Å². The number of anilines is 1. The molecule has 0 spiro atoms. The lowest BCUT2D eigenvalue weighted by Gasteiger charge is -2.07. The highest BCUT2D eigenvalue weighted by atomic mass is 35.5. The molecule has 13 heavy (non-hydrogen) atoms. The van der Waals surface area contributed by atoms with Gasteiger partial charge in [0, 0.05) is 11.4 Å².